The van der Waals surface area contributed by atoms with Crippen LogP contribution in [0.15, 0.2) is 28.8 Å². The van der Waals surface area contributed by atoms with Crippen LogP contribution in [0.1, 0.15) is 11.8 Å². The molecule has 2 amide bonds. The number of nitrogens with one attached hydrogen (secondary N) is 1. The molecule has 2 atom stereocenters. The van der Waals surface area contributed by atoms with Crippen molar-refractivity contribution in [3.8, 4) is 0 Å². The van der Waals surface area contributed by atoms with E-state index in [4.69, 9.17) is 9.47 Å². The number of hydrogen-bond donors (Lipinski definition) is 2. The minimum Gasteiger partial charge on any atom is -0.477 e. The highest BCUT2D eigenvalue weighted by molar-refractivity contribution is 7.10. The smallest absolute Gasteiger partial charge is 0.352 e. The van der Waals surface area contributed by atoms with E-state index in [1.165, 1.54) is 18.3 Å². The molecule has 1 saturated heterocycles. The van der Waals surface area contributed by atoms with Crippen molar-refractivity contribution < 1.29 is 33.8 Å². The molecule has 9 nitrogen and oxygen atoms in total. The summed E-state index contributed by atoms with van der Waals surface area (Å²) in [5.41, 5.74) is -0.0862. The van der Waals surface area contributed by atoms with Crippen molar-refractivity contribution in [3.05, 3.63) is 33.7 Å². The van der Waals surface area contributed by atoms with Crippen LogP contribution in [0.4, 0.5) is 0 Å². The number of nitrogens with zero attached hydrogens (tertiary/aromatic N) is 1. The molecule has 0 bridgehead atoms. The fourth-order valence-electron chi connectivity index (χ4n) is 2.78. The molecule has 2 aliphatic heterocycles. The maximum atomic E-state index is 12.4. The molecule has 26 heavy (non-hydrogen) atoms. The molecule has 0 spiro atoms. The lowest BCUT2D eigenvalue weighted by Gasteiger charge is -2.49. The zero-order chi connectivity index (χ0) is 18.8. The fraction of sp³-hybridized carbons (Fsp3) is 0.375. The van der Waals surface area contributed by atoms with E-state index in [0.717, 1.165) is 9.78 Å². The first kappa shape index (κ1) is 18.1. The van der Waals surface area contributed by atoms with Gasteiger partial charge in [0.05, 0.1) is 13.0 Å². The van der Waals surface area contributed by atoms with Crippen molar-refractivity contribution >= 4 is 35.1 Å². The van der Waals surface area contributed by atoms with E-state index in [9.17, 15) is 24.3 Å². The van der Waals surface area contributed by atoms with Gasteiger partial charge >= 0.3 is 11.9 Å². The Hall–Kier alpha value is -2.72. The van der Waals surface area contributed by atoms with Gasteiger partial charge < -0.3 is 19.9 Å². The monoisotopic (exact) mass is 380 g/mol. The maximum Gasteiger partial charge on any atom is 0.352 e. The lowest BCUT2D eigenvalue weighted by atomic mass is 9.98. The van der Waals surface area contributed by atoms with Crippen molar-refractivity contribution in [3.63, 3.8) is 0 Å². The van der Waals surface area contributed by atoms with Gasteiger partial charge in [-0.3, -0.25) is 19.3 Å². The zero-order valence-corrected chi connectivity index (χ0v) is 14.6. The molecule has 0 unspecified atom stereocenters. The average molecular weight is 380 g/mol. The van der Waals surface area contributed by atoms with Crippen molar-refractivity contribution in [1.29, 1.82) is 0 Å². The van der Waals surface area contributed by atoms with E-state index in [0.29, 0.717) is 0 Å². The summed E-state index contributed by atoms with van der Waals surface area (Å²) >= 11 is 1.43. The molecule has 0 radical (unpaired) electrons. The highest BCUT2D eigenvalue weighted by Crippen LogP contribution is 2.33. The number of β-lactam (4-membered cyclic amide) rings is 1. The third-order valence-corrected chi connectivity index (χ3v) is 4.81. The second kappa shape index (κ2) is 7.26. The highest BCUT2D eigenvalue weighted by atomic mass is 32.1. The Morgan fingerprint density at radius 2 is 2.23 bits per heavy atom. The van der Waals surface area contributed by atoms with E-state index in [1.807, 2.05) is 17.5 Å². The topological polar surface area (TPSA) is 122 Å². The molecule has 1 aromatic heterocycles. The van der Waals surface area contributed by atoms with Gasteiger partial charge in [-0.25, -0.2) is 4.79 Å². The Morgan fingerprint density at radius 1 is 1.46 bits per heavy atom. The molecular formula is C16H16N2O7S. The molecule has 0 saturated carbocycles. The number of ether oxygens (including phenoxy) is 2. The van der Waals surface area contributed by atoms with Crippen molar-refractivity contribution in [2.75, 3.05) is 13.2 Å². The first-order valence-corrected chi connectivity index (χ1v) is 8.61. The molecule has 3 rings (SSSR count). The van der Waals surface area contributed by atoms with Crippen molar-refractivity contribution in [2.24, 2.45) is 0 Å². The molecule has 10 heteroatoms. The SMILES string of the molecule is CC(=O)OCC1=C(C(=O)O)N2C(=O)[C@H](NC(=O)Cc3cccs3)[C@@H]2OC1. The highest BCUT2D eigenvalue weighted by Gasteiger charge is 2.54. The van der Waals surface area contributed by atoms with Gasteiger partial charge in [-0.15, -0.1) is 11.3 Å². The van der Waals surface area contributed by atoms with Crippen LogP contribution in [0.5, 0.6) is 0 Å². The van der Waals surface area contributed by atoms with Crippen LogP contribution < -0.4 is 5.32 Å². The van der Waals surface area contributed by atoms with E-state index >= 15 is 0 Å². The molecule has 3 heterocycles. The van der Waals surface area contributed by atoms with Crippen LogP contribution in [0.3, 0.4) is 0 Å². The number of amides is 2. The van der Waals surface area contributed by atoms with E-state index in [-0.39, 0.29) is 36.8 Å². The van der Waals surface area contributed by atoms with E-state index in [1.54, 1.807) is 0 Å². The van der Waals surface area contributed by atoms with E-state index < -0.39 is 30.1 Å². The number of carboxylic acids is 1. The zero-order valence-electron chi connectivity index (χ0n) is 13.8. The van der Waals surface area contributed by atoms with Gasteiger partial charge in [0.15, 0.2) is 12.3 Å². The Morgan fingerprint density at radius 3 is 2.85 bits per heavy atom. The number of rotatable bonds is 6. The largest absolute Gasteiger partial charge is 0.477 e. The predicted molar refractivity (Wildman–Crippen MR) is 87.8 cm³/mol. The molecule has 0 aromatic carbocycles. The summed E-state index contributed by atoms with van der Waals surface area (Å²) in [6.45, 7) is 0.810. The van der Waals surface area contributed by atoms with Gasteiger partial charge in [-0.2, -0.15) is 0 Å². The second-order valence-corrected chi connectivity index (χ2v) is 6.78. The minimum atomic E-state index is -1.32. The lowest BCUT2D eigenvalue weighted by molar-refractivity contribution is -0.185. The standard InChI is InChI=1S/C16H16N2O7S/c1-8(19)24-6-9-7-25-15-12(14(21)18(15)13(9)16(22)23)17-11(20)5-10-3-2-4-26-10/h2-4,12,15H,5-7H2,1H3,(H,17,20)(H,22,23)/t12-,15-/m0/s1. The number of hydrogen-bond acceptors (Lipinski definition) is 7. The minimum absolute atomic E-state index is 0.110. The summed E-state index contributed by atoms with van der Waals surface area (Å²) < 4.78 is 10.3. The van der Waals surface area contributed by atoms with Gasteiger partial charge in [0, 0.05) is 17.4 Å². The molecule has 1 fully saturated rings. The normalized spacial score (nSPS) is 21.7. The number of carboxylic acid groups (broad SMARTS) is 1. The number of thiophene rings is 1. The van der Waals surface area contributed by atoms with Gasteiger partial charge in [0.2, 0.25) is 5.91 Å². The average Bonchev–Trinajstić information content (AvgIpc) is 3.09. The second-order valence-electron chi connectivity index (χ2n) is 5.75. The van der Waals surface area contributed by atoms with Crippen LogP contribution in [-0.2, 0) is 35.1 Å². The Balaban J connectivity index is 1.69. The lowest BCUT2D eigenvalue weighted by Crippen LogP contribution is -2.73. The summed E-state index contributed by atoms with van der Waals surface area (Å²) in [5, 5.41) is 13.8. The maximum absolute atomic E-state index is 12.4. The summed E-state index contributed by atoms with van der Waals surface area (Å²) in [4.78, 5) is 48.7. The predicted octanol–water partition coefficient (Wildman–Crippen LogP) is -0.124. The van der Waals surface area contributed by atoms with Crippen LogP contribution in [0.2, 0.25) is 0 Å². The van der Waals surface area contributed by atoms with Gasteiger partial charge in [-0.05, 0) is 11.4 Å². The quantitative estimate of drug-likeness (QED) is 0.521. The van der Waals surface area contributed by atoms with Crippen molar-refractivity contribution in [2.45, 2.75) is 25.6 Å². The van der Waals surface area contributed by atoms with Crippen LogP contribution in [-0.4, -0.2) is 59.2 Å². The molecule has 0 aliphatic carbocycles. The number of fused-ring (bicyclic) bond motifs is 1. The first-order valence-electron chi connectivity index (χ1n) is 7.73. The number of carbonyl (C=O) groups excluding carboxylic acids is 3. The molecular weight excluding hydrogens is 364 g/mol. The third kappa shape index (κ3) is 3.46. The summed E-state index contributed by atoms with van der Waals surface area (Å²) in [5.74, 6) is -2.82. The molecule has 138 valence electrons. The van der Waals surface area contributed by atoms with Crippen LogP contribution in [0.25, 0.3) is 0 Å². The van der Waals surface area contributed by atoms with Crippen molar-refractivity contribution in [1.82, 2.24) is 10.2 Å². The number of esters is 1. The summed E-state index contributed by atoms with van der Waals surface area (Å²) in [7, 11) is 0. The first-order chi connectivity index (χ1) is 12.4. The van der Waals surface area contributed by atoms with Gasteiger partial charge in [0.1, 0.15) is 12.3 Å². The Kier molecular flexibility index (Phi) is 5.05. The number of carbonyl (C=O) groups is 4. The van der Waals surface area contributed by atoms with Crippen LogP contribution in [0, 0.1) is 0 Å². The molecule has 1 aromatic rings. The molecule has 2 N–H and O–H groups in total. The number of aliphatic carboxylic acids is 1. The third-order valence-electron chi connectivity index (χ3n) is 3.93. The Bertz CT molecular complexity index is 787. The fourth-order valence-corrected chi connectivity index (χ4v) is 3.48. The van der Waals surface area contributed by atoms with Gasteiger partial charge in [0.25, 0.3) is 5.91 Å². The summed E-state index contributed by atoms with van der Waals surface area (Å²) in [6.07, 6.45) is -0.755. The Labute approximate surface area is 152 Å². The van der Waals surface area contributed by atoms with E-state index in [2.05, 4.69) is 5.32 Å². The van der Waals surface area contributed by atoms with Crippen LogP contribution >= 0.6 is 11.3 Å². The van der Waals surface area contributed by atoms with Gasteiger partial charge in [-0.1, -0.05) is 6.07 Å². The summed E-state index contributed by atoms with van der Waals surface area (Å²) in [6, 6.07) is 2.69. The molecule has 2 aliphatic rings.